The Morgan fingerprint density at radius 2 is 2.38 bits per heavy atom. The number of amides is 1. The van der Waals surface area contributed by atoms with Gasteiger partial charge < -0.3 is 11.1 Å². The second kappa shape index (κ2) is 4.33. The maximum atomic E-state index is 10.9. The van der Waals surface area contributed by atoms with Crippen molar-refractivity contribution < 1.29 is 4.79 Å². The Hall–Kier alpha value is -0.220. The van der Waals surface area contributed by atoms with Gasteiger partial charge >= 0.3 is 0 Å². The van der Waals surface area contributed by atoms with Gasteiger partial charge in [-0.05, 0) is 20.3 Å². The summed E-state index contributed by atoms with van der Waals surface area (Å²) in [5.41, 5.74) is 5.74. The van der Waals surface area contributed by atoms with Crippen molar-refractivity contribution in [1.29, 1.82) is 0 Å². The molecule has 1 fully saturated rings. The molecule has 0 aliphatic carbocycles. The zero-order valence-electron chi connectivity index (χ0n) is 8.30. The fourth-order valence-corrected chi connectivity index (χ4v) is 2.45. The van der Waals surface area contributed by atoms with E-state index in [2.05, 4.69) is 5.32 Å². The van der Waals surface area contributed by atoms with Gasteiger partial charge in [0.05, 0.1) is 0 Å². The third-order valence-electron chi connectivity index (χ3n) is 1.88. The van der Waals surface area contributed by atoms with E-state index >= 15 is 0 Å². The molecule has 0 bridgehead atoms. The van der Waals surface area contributed by atoms with Crippen molar-refractivity contribution in [2.24, 2.45) is 5.73 Å². The minimum atomic E-state index is -0.104. The Balaban J connectivity index is 2.10. The summed E-state index contributed by atoms with van der Waals surface area (Å²) in [6, 6.07) is 0.375. The molecule has 13 heavy (non-hydrogen) atoms. The molecule has 0 aromatic carbocycles. The highest BCUT2D eigenvalue weighted by Gasteiger charge is 2.21. The van der Waals surface area contributed by atoms with E-state index in [1.54, 1.807) is 0 Å². The van der Waals surface area contributed by atoms with Crippen LogP contribution in [-0.4, -0.2) is 29.0 Å². The zero-order chi connectivity index (χ0) is 9.90. The van der Waals surface area contributed by atoms with Crippen molar-refractivity contribution in [2.45, 2.75) is 38.3 Å². The molecule has 3 nitrogen and oxygen atoms in total. The molecule has 1 amide bonds. The van der Waals surface area contributed by atoms with Gasteiger partial charge in [-0.25, -0.2) is 0 Å². The van der Waals surface area contributed by atoms with Crippen LogP contribution < -0.4 is 11.1 Å². The SMILES string of the molecule is CC(C)(N)CSCC1CCC(=O)N1. The van der Waals surface area contributed by atoms with Crippen LogP contribution in [0.3, 0.4) is 0 Å². The zero-order valence-corrected chi connectivity index (χ0v) is 9.12. The summed E-state index contributed by atoms with van der Waals surface area (Å²) >= 11 is 1.82. The van der Waals surface area contributed by atoms with Gasteiger partial charge in [0.15, 0.2) is 0 Å². The molecular formula is C9H18N2OS. The van der Waals surface area contributed by atoms with Crippen LogP contribution in [-0.2, 0) is 4.79 Å². The molecule has 0 radical (unpaired) electrons. The Bertz CT molecular complexity index is 189. The normalized spacial score (nSPS) is 23.3. The predicted octanol–water partition coefficient (Wildman–Crippen LogP) is 0.735. The molecule has 0 aromatic heterocycles. The third-order valence-corrected chi connectivity index (χ3v) is 3.46. The van der Waals surface area contributed by atoms with Crippen LogP contribution in [0.15, 0.2) is 0 Å². The maximum Gasteiger partial charge on any atom is 0.220 e. The number of nitrogens with one attached hydrogen (secondary N) is 1. The van der Waals surface area contributed by atoms with Crippen molar-refractivity contribution in [3.05, 3.63) is 0 Å². The molecule has 3 N–H and O–H groups in total. The fourth-order valence-electron chi connectivity index (χ4n) is 1.27. The van der Waals surface area contributed by atoms with E-state index in [4.69, 9.17) is 5.73 Å². The maximum absolute atomic E-state index is 10.9. The van der Waals surface area contributed by atoms with E-state index in [1.165, 1.54) is 0 Å². The lowest BCUT2D eigenvalue weighted by Gasteiger charge is -2.18. The van der Waals surface area contributed by atoms with Gasteiger partial charge in [0.2, 0.25) is 5.91 Å². The van der Waals surface area contributed by atoms with Crippen molar-refractivity contribution in [3.63, 3.8) is 0 Å². The monoisotopic (exact) mass is 202 g/mol. The van der Waals surface area contributed by atoms with Crippen LogP contribution in [0.25, 0.3) is 0 Å². The van der Waals surface area contributed by atoms with Crippen LogP contribution in [0, 0.1) is 0 Å². The van der Waals surface area contributed by atoms with Crippen LogP contribution in [0.1, 0.15) is 26.7 Å². The van der Waals surface area contributed by atoms with Crippen LogP contribution in [0.2, 0.25) is 0 Å². The molecule has 76 valence electrons. The summed E-state index contributed by atoms with van der Waals surface area (Å²) in [7, 11) is 0. The third kappa shape index (κ3) is 4.52. The van der Waals surface area contributed by atoms with Crippen LogP contribution in [0.4, 0.5) is 0 Å². The van der Waals surface area contributed by atoms with Gasteiger partial charge in [0, 0.05) is 29.5 Å². The van der Waals surface area contributed by atoms with Gasteiger partial charge in [0.1, 0.15) is 0 Å². The largest absolute Gasteiger partial charge is 0.353 e. The van der Waals surface area contributed by atoms with E-state index in [1.807, 2.05) is 25.6 Å². The second-order valence-electron chi connectivity index (χ2n) is 4.31. The van der Waals surface area contributed by atoms with Gasteiger partial charge in [-0.3, -0.25) is 4.79 Å². The summed E-state index contributed by atoms with van der Waals surface area (Å²) in [5.74, 6) is 2.13. The van der Waals surface area contributed by atoms with E-state index < -0.39 is 0 Å². The summed E-state index contributed by atoms with van der Waals surface area (Å²) < 4.78 is 0. The summed E-state index contributed by atoms with van der Waals surface area (Å²) in [5, 5.41) is 2.94. The lowest BCUT2D eigenvalue weighted by molar-refractivity contribution is -0.119. The average molecular weight is 202 g/mol. The number of thioether (sulfide) groups is 1. The Kier molecular flexibility index (Phi) is 3.62. The first-order valence-electron chi connectivity index (χ1n) is 4.63. The quantitative estimate of drug-likeness (QED) is 0.707. The molecule has 0 saturated carbocycles. The molecule has 1 saturated heterocycles. The van der Waals surface area contributed by atoms with E-state index in [-0.39, 0.29) is 11.4 Å². The van der Waals surface area contributed by atoms with Crippen LogP contribution in [0.5, 0.6) is 0 Å². The summed E-state index contributed by atoms with van der Waals surface area (Å²) in [6.07, 6.45) is 1.67. The van der Waals surface area contributed by atoms with Gasteiger partial charge in [-0.2, -0.15) is 11.8 Å². The second-order valence-corrected chi connectivity index (χ2v) is 5.34. The van der Waals surface area contributed by atoms with Crippen molar-refractivity contribution in [3.8, 4) is 0 Å². The first kappa shape index (κ1) is 10.9. The highest BCUT2D eigenvalue weighted by Crippen LogP contribution is 2.15. The molecule has 1 rings (SSSR count). The number of nitrogens with two attached hydrogens (primary N) is 1. The topological polar surface area (TPSA) is 55.1 Å². The predicted molar refractivity (Wildman–Crippen MR) is 56.8 cm³/mol. The molecule has 1 heterocycles. The van der Waals surface area contributed by atoms with E-state index in [0.29, 0.717) is 12.5 Å². The van der Waals surface area contributed by atoms with E-state index in [9.17, 15) is 4.79 Å². The minimum absolute atomic E-state index is 0.104. The van der Waals surface area contributed by atoms with Gasteiger partial charge in [-0.1, -0.05) is 0 Å². The van der Waals surface area contributed by atoms with Crippen LogP contribution >= 0.6 is 11.8 Å². The molecule has 1 aliphatic rings. The fraction of sp³-hybridized carbons (Fsp3) is 0.889. The average Bonchev–Trinajstić information content (AvgIpc) is 2.33. The van der Waals surface area contributed by atoms with E-state index in [0.717, 1.165) is 17.9 Å². The Morgan fingerprint density at radius 1 is 1.69 bits per heavy atom. The standard InChI is InChI=1S/C9H18N2OS/c1-9(2,10)6-13-5-7-3-4-8(12)11-7/h7H,3-6,10H2,1-2H3,(H,11,12). The smallest absolute Gasteiger partial charge is 0.220 e. The number of hydrogen-bond acceptors (Lipinski definition) is 3. The van der Waals surface area contributed by atoms with Gasteiger partial charge in [0.25, 0.3) is 0 Å². The lowest BCUT2D eigenvalue weighted by atomic mass is 10.1. The Labute approximate surface area is 83.8 Å². The number of carbonyl (C=O) groups is 1. The molecule has 0 spiro atoms. The Morgan fingerprint density at radius 3 is 2.85 bits per heavy atom. The number of carbonyl (C=O) groups excluding carboxylic acids is 1. The highest BCUT2D eigenvalue weighted by molar-refractivity contribution is 7.99. The minimum Gasteiger partial charge on any atom is -0.353 e. The molecule has 0 aromatic rings. The lowest BCUT2D eigenvalue weighted by Crippen LogP contribution is -2.36. The summed E-state index contributed by atoms with van der Waals surface area (Å²) in [6.45, 7) is 4.04. The van der Waals surface area contributed by atoms with Gasteiger partial charge in [-0.15, -0.1) is 0 Å². The molecule has 1 atom stereocenters. The molecule has 4 heteroatoms. The highest BCUT2D eigenvalue weighted by atomic mass is 32.2. The molecule has 1 unspecified atom stereocenters. The first-order chi connectivity index (χ1) is 5.97. The number of rotatable bonds is 4. The molecular weight excluding hydrogens is 184 g/mol. The van der Waals surface area contributed by atoms with Crippen molar-refractivity contribution in [1.82, 2.24) is 5.32 Å². The number of hydrogen-bond donors (Lipinski definition) is 2. The summed E-state index contributed by atoms with van der Waals surface area (Å²) in [4.78, 5) is 10.9. The van der Waals surface area contributed by atoms with Crippen molar-refractivity contribution >= 4 is 17.7 Å². The molecule has 1 aliphatic heterocycles. The van der Waals surface area contributed by atoms with Crippen molar-refractivity contribution in [2.75, 3.05) is 11.5 Å². The first-order valence-corrected chi connectivity index (χ1v) is 5.79.